The van der Waals surface area contributed by atoms with Gasteiger partial charge in [0.1, 0.15) is 0 Å². The minimum atomic E-state index is -2.48. The van der Waals surface area contributed by atoms with Gasteiger partial charge in [-0.2, -0.15) is 0 Å². The van der Waals surface area contributed by atoms with E-state index in [0.29, 0.717) is 12.8 Å². The van der Waals surface area contributed by atoms with E-state index in [1.807, 2.05) is 0 Å². The molecular formula is C23H33NO2Si. The smallest absolute Gasteiger partial charge is 0.261 e. The predicted molar refractivity (Wildman–Crippen MR) is 115 cm³/mol. The van der Waals surface area contributed by atoms with Gasteiger partial charge in [0.05, 0.1) is 12.8 Å². The Balaban J connectivity index is 2.01. The molecule has 0 unspecified atom stereocenters. The zero-order chi connectivity index (χ0) is 19.5. The van der Waals surface area contributed by atoms with Crippen molar-refractivity contribution in [2.45, 2.75) is 64.3 Å². The van der Waals surface area contributed by atoms with Gasteiger partial charge >= 0.3 is 0 Å². The van der Waals surface area contributed by atoms with Gasteiger partial charge in [-0.1, -0.05) is 81.4 Å². The van der Waals surface area contributed by atoms with Gasteiger partial charge in [-0.25, -0.2) is 0 Å². The molecule has 0 aromatic heterocycles. The Kier molecular flexibility index (Phi) is 6.21. The molecule has 0 saturated carbocycles. The molecule has 2 aromatic rings. The van der Waals surface area contributed by atoms with Gasteiger partial charge < -0.3 is 9.16 Å². The van der Waals surface area contributed by atoms with Gasteiger partial charge in [0, 0.05) is 12.1 Å². The minimum Gasteiger partial charge on any atom is -0.405 e. The summed E-state index contributed by atoms with van der Waals surface area (Å²) in [5.74, 6) is 0. The third-order valence-corrected chi connectivity index (χ3v) is 10.8. The van der Waals surface area contributed by atoms with E-state index in [0.717, 1.165) is 6.42 Å². The molecule has 1 N–H and O–H groups in total. The van der Waals surface area contributed by atoms with E-state index in [-0.39, 0.29) is 17.2 Å². The molecule has 0 bridgehead atoms. The number of hydrogen-bond donors (Lipinski definition) is 1. The molecule has 1 saturated heterocycles. The van der Waals surface area contributed by atoms with Gasteiger partial charge in [0.15, 0.2) is 0 Å². The molecule has 3 atom stereocenters. The van der Waals surface area contributed by atoms with Gasteiger partial charge in [0.25, 0.3) is 8.32 Å². The Labute approximate surface area is 165 Å². The summed E-state index contributed by atoms with van der Waals surface area (Å²) < 4.78 is 13.0. The second-order valence-electron chi connectivity index (χ2n) is 8.67. The van der Waals surface area contributed by atoms with Crippen LogP contribution >= 0.6 is 0 Å². The summed E-state index contributed by atoms with van der Waals surface area (Å²) in [6, 6.07) is 22.0. The lowest BCUT2D eigenvalue weighted by Gasteiger charge is -2.45. The molecule has 1 aliphatic heterocycles. The summed E-state index contributed by atoms with van der Waals surface area (Å²) in [5, 5.41) is 6.02. The topological polar surface area (TPSA) is 30.5 Å². The Bertz CT molecular complexity index is 675. The Hall–Kier alpha value is -1.46. The number of nitrogens with one attached hydrogen (secondary N) is 1. The molecule has 0 amide bonds. The highest BCUT2D eigenvalue weighted by Crippen LogP contribution is 2.38. The van der Waals surface area contributed by atoms with Crippen LogP contribution < -0.4 is 15.7 Å². The summed E-state index contributed by atoms with van der Waals surface area (Å²) >= 11 is 0. The Morgan fingerprint density at radius 2 is 1.56 bits per heavy atom. The van der Waals surface area contributed by atoms with Crippen LogP contribution in [0, 0.1) is 0 Å². The van der Waals surface area contributed by atoms with Crippen molar-refractivity contribution in [2.75, 3.05) is 6.73 Å². The summed E-state index contributed by atoms with van der Waals surface area (Å²) in [6.07, 6.45) is 1.22. The summed E-state index contributed by atoms with van der Waals surface area (Å²) in [4.78, 5) is 0. The van der Waals surface area contributed by atoms with Crippen LogP contribution in [-0.4, -0.2) is 33.3 Å². The van der Waals surface area contributed by atoms with Gasteiger partial charge in [-0.15, -0.1) is 0 Å². The van der Waals surface area contributed by atoms with Crippen LogP contribution in [-0.2, 0) is 9.16 Å². The van der Waals surface area contributed by atoms with E-state index >= 15 is 0 Å². The molecule has 1 aliphatic rings. The maximum atomic E-state index is 7.12. The van der Waals surface area contributed by atoms with Gasteiger partial charge in [0.2, 0.25) is 0 Å². The predicted octanol–water partition coefficient (Wildman–Crippen LogP) is 3.68. The second kappa shape index (κ2) is 8.27. The van der Waals surface area contributed by atoms with Gasteiger partial charge in [-0.3, -0.25) is 5.32 Å². The molecule has 146 valence electrons. The maximum absolute atomic E-state index is 7.12. The highest BCUT2D eigenvalue weighted by atomic mass is 28.4. The fraction of sp³-hybridized carbons (Fsp3) is 0.478. The molecule has 1 fully saturated rings. The van der Waals surface area contributed by atoms with Crippen molar-refractivity contribution >= 4 is 18.7 Å². The third kappa shape index (κ3) is 4.19. The molecule has 0 aliphatic carbocycles. The first-order valence-electron chi connectivity index (χ1n) is 9.98. The van der Waals surface area contributed by atoms with Gasteiger partial charge in [-0.05, 0) is 35.7 Å². The zero-order valence-electron chi connectivity index (χ0n) is 17.2. The van der Waals surface area contributed by atoms with E-state index in [1.165, 1.54) is 10.4 Å². The summed E-state index contributed by atoms with van der Waals surface area (Å²) in [6.45, 7) is 12.0. The molecule has 1 heterocycles. The fourth-order valence-electron chi connectivity index (χ4n) is 4.20. The number of ether oxygens (including phenoxy) is 1. The average molecular weight is 384 g/mol. The first kappa shape index (κ1) is 20.3. The summed E-state index contributed by atoms with van der Waals surface area (Å²) in [5.41, 5.74) is 0. The fourth-order valence-corrected chi connectivity index (χ4v) is 8.92. The van der Waals surface area contributed by atoms with Crippen LogP contribution in [0.4, 0.5) is 0 Å². The molecule has 3 nitrogen and oxygen atoms in total. The first-order valence-corrected chi connectivity index (χ1v) is 11.9. The number of benzene rings is 2. The molecule has 0 radical (unpaired) electrons. The maximum Gasteiger partial charge on any atom is 0.261 e. The third-order valence-electron chi connectivity index (χ3n) is 5.62. The van der Waals surface area contributed by atoms with Crippen molar-refractivity contribution in [3.05, 3.63) is 60.7 Å². The lowest BCUT2D eigenvalue weighted by Crippen LogP contribution is -2.67. The molecular weight excluding hydrogens is 350 g/mol. The van der Waals surface area contributed by atoms with Crippen LogP contribution in [0.1, 0.15) is 41.0 Å². The first-order chi connectivity index (χ1) is 12.8. The van der Waals surface area contributed by atoms with Crippen molar-refractivity contribution in [3.8, 4) is 0 Å². The average Bonchev–Trinajstić information content (AvgIpc) is 3.04. The molecule has 27 heavy (non-hydrogen) atoms. The number of rotatable bonds is 6. The SMILES string of the molecule is C[C@H](C[C@H]1OCN[C@H]1C)O[Si](c1ccccc1)(c1ccccc1)C(C)(C)C. The number of hydrogen-bond acceptors (Lipinski definition) is 3. The highest BCUT2D eigenvalue weighted by Gasteiger charge is 2.51. The van der Waals surface area contributed by atoms with Crippen molar-refractivity contribution in [1.82, 2.24) is 5.32 Å². The van der Waals surface area contributed by atoms with Crippen LogP contribution in [0.2, 0.25) is 5.04 Å². The minimum absolute atomic E-state index is 0.00433. The molecule has 2 aromatic carbocycles. The standard InChI is InChI=1S/C23H33NO2Si/c1-18(16-22-19(2)24-17-25-22)26-27(23(3,4)5,20-12-8-6-9-13-20)21-14-10-7-11-15-21/h6-15,18-19,22,24H,16-17H2,1-5H3/t18-,19+,22-/m1/s1. The molecule has 0 spiro atoms. The monoisotopic (exact) mass is 383 g/mol. The second-order valence-corrected chi connectivity index (χ2v) is 12.9. The van der Waals surface area contributed by atoms with Crippen molar-refractivity contribution in [2.24, 2.45) is 0 Å². The van der Waals surface area contributed by atoms with E-state index in [2.05, 4.69) is 101 Å². The Morgan fingerprint density at radius 1 is 1.04 bits per heavy atom. The van der Waals surface area contributed by atoms with E-state index in [1.54, 1.807) is 0 Å². The van der Waals surface area contributed by atoms with Crippen molar-refractivity contribution in [1.29, 1.82) is 0 Å². The zero-order valence-corrected chi connectivity index (χ0v) is 18.2. The van der Waals surface area contributed by atoms with Crippen LogP contribution in [0.15, 0.2) is 60.7 Å². The van der Waals surface area contributed by atoms with Crippen LogP contribution in [0.3, 0.4) is 0 Å². The van der Waals surface area contributed by atoms with E-state index in [9.17, 15) is 0 Å². The summed E-state index contributed by atoms with van der Waals surface area (Å²) in [7, 11) is -2.48. The molecule has 4 heteroatoms. The lowest BCUT2D eigenvalue weighted by atomic mass is 10.1. The van der Waals surface area contributed by atoms with Crippen molar-refractivity contribution in [3.63, 3.8) is 0 Å². The van der Waals surface area contributed by atoms with Crippen LogP contribution in [0.5, 0.6) is 0 Å². The van der Waals surface area contributed by atoms with E-state index < -0.39 is 8.32 Å². The Morgan fingerprint density at radius 3 is 1.96 bits per heavy atom. The highest BCUT2D eigenvalue weighted by molar-refractivity contribution is 6.99. The van der Waals surface area contributed by atoms with Crippen molar-refractivity contribution < 1.29 is 9.16 Å². The normalized spacial score (nSPS) is 22.0. The molecule has 3 rings (SSSR count). The van der Waals surface area contributed by atoms with E-state index in [4.69, 9.17) is 9.16 Å². The largest absolute Gasteiger partial charge is 0.405 e. The quantitative estimate of drug-likeness (QED) is 0.772. The lowest BCUT2D eigenvalue weighted by molar-refractivity contribution is 0.0604. The van der Waals surface area contributed by atoms with Crippen LogP contribution in [0.25, 0.3) is 0 Å².